The number of anilines is 1. The van der Waals surface area contributed by atoms with Crippen molar-refractivity contribution in [2.24, 2.45) is 0 Å². The maximum absolute atomic E-state index is 13.7. The summed E-state index contributed by atoms with van der Waals surface area (Å²) in [5.74, 6) is 1.16. The molecule has 0 bridgehead atoms. The highest BCUT2D eigenvalue weighted by Gasteiger charge is 2.25. The van der Waals surface area contributed by atoms with Crippen LogP contribution < -0.4 is 15.6 Å². The van der Waals surface area contributed by atoms with E-state index in [1.54, 1.807) is 41.4 Å². The number of ether oxygens (including phenoxy) is 1. The van der Waals surface area contributed by atoms with Crippen LogP contribution in [0.5, 0.6) is 5.75 Å². The Hall–Kier alpha value is -3.04. The lowest BCUT2D eigenvalue weighted by Crippen LogP contribution is -2.27. The van der Waals surface area contributed by atoms with E-state index in [4.69, 9.17) is 14.1 Å². The van der Waals surface area contributed by atoms with E-state index in [0.29, 0.717) is 22.4 Å². The Morgan fingerprint density at radius 1 is 1.29 bits per heavy atom. The van der Waals surface area contributed by atoms with E-state index in [1.807, 2.05) is 31.2 Å². The number of nitrogens with one attached hydrogen (secondary N) is 1. The van der Waals surface area contributed by atoms with E-state index < -0.39 is 5.25 Å². The normalized spacial score (nSPS) is 14.1. The quantitative estimate of drug-likeness (QED) is 0.283. The molecule has 5 rings (SSSR count). The van der Waals surface area contributed by atoms with Gasteiger partial charge < -0.3 is 14.5 Å². The van der Waals surface area contributed by atoms with Gasteiger partial charge in [-0.15, -0.1) is 11.3 Å². The second kappa shape index (κ2) is 9.68. The number of carbonyl (C=O) groups is 1. The van der Waals surface area contributed by atoms with Crippen LogP contribution in [0.4, 0.5) is 5.69 Å². The van der Waals surface area contributed by atoms with Crippen LogP contribution in [0.15, 0.2) is 57.0 Å². The highest BCUT2D eigenvalue weighted by Crippen LogP contribution is 2.35. The zero-order valence-corrected chi connectivity index (χ0v) is 20.6. The first kappa shape index (κ1) is 22.7. The molecule has 0 fully saturated rings. The van der Waals surface area contributed by atoms with Gasteiger partial charge in [-0.1, -0.05) is 17.8 Å². The lowest BCUT2D eigenvalue weighted by molar-refractivity contribution is -0.115. The number of hydrogen-bond acceptors (Lipinski definition) is 7. The molecule has 176 valence electrons. The minimum Gasteiger partial charge on any atom is -0.497 e. The molecular weight excluding hydrogens is 470 g/mol. The van der Waals surface area contributed by atoms with Crippen LogP contribution in [0.3, 0.4) is 0 Å². The molecule has 0 spiro atoms. The SMILES string of the molecule is COc1cccc(NC(=O)C(C)Sc2nc3sc4c(c3c(=O)n2Cc2ccco2)CCCC4)c1. The van der Waals surface area contributed by atoms with Crippen molar-refractivity contribution in [3.8, 4) is 5.75 Å². The van der Waals surface area contributed by atoms with E-state index >= 15 is 0 Å². The molecule has 0 radical (unpaired) electrons. The number of carbonyl (C=O) groups excluding carboxylic acids is 1. The molecule has 7 nitrogen and oxygen atoms in total. The highest BCUT2D eigenvalue weighted by molar-refractivity contribution is 8.00. The second-order valence-electron chi connectivity index (χ2n) is 8.24. The first-order valence-corrected chi connectivity index (χ1v) is 12.9. The van der Waals surface area contributed by atoms with Crippen molar-refractivity contribution in [2.75, 3.05) is 12.4 Å². The van der Waals surface area contributed by atoms with Gasteiger partial charge in [-0.3, -0.25) is 14.2 Å². The molecule has 1 N–H and O–H groups in total. The summed E-state index contributed by atoms with van der Waals surface area (Å²) in [6.07, 6.45) is 5.74. The average Bonchev–Trinajstić information content (AvgIpc) is 3.49. The van der Waals surface area contributed by atoms with Crippen LogP contribution in [0.2, 0.25) is 0 Å². The molecule has 1 aliphatic carbocycles. The van der Waals surface area contributed by atoms with Gasteiger partial charge in [-0.05, 0) is 62.4 Å². The number of nitrogens with zero attached hydrogens (tertiary/aromatic N) is 2. The van der Waals surface area contributed by atoms with E-state index in [-0.39, 0.29) is 18.0 Å². The third-order valence-corrected chi connectivity index (χ3v) is 8.20. The van der Waals surface area contributed by atoms with Crippen molar-refractivity contribution in [1.82, 2.24) is 9.55 Å². The van der Waals surface area contributed by atoms with E-state index in [9.17, 15) is 9.59 Å². The molecule has 0 saturated heterocycles. The van der Waals surface area contributed by atoms with Crippen LogP contribution in [-0.4, -0.2) is 27.8 Å². The molecule has 1 aromatic carbocycles. The van der Waals surface area contributed by atoms with Gasteiger partial charge in [0.25, 0.3) is 5.56 Å². The number of aryl methyl sites for hydroxylation is 2. The van der Waals surface area contributed by atoms with Gasteiger partial charge in [-0.2, -0.15) is 0 Å². The summed E-state index contributed by atoms with van der Waals surface area (Å²) in [6.45, 7) is 2.08. The van der Waals surface area contributed by atoms with Crippen LogP contribution >= 0.6 is 23.1 Å². The summed E-state index contributed by atoms with van der Waals surface area (Å²) in [5.41, 5.74) is 1.74. The minimum absolute atomic E-state index is 0.0660. The van der Waals surface area contributed by atoms with Crippen LogP contribution in [0.25, 0.3) is 10.2 Å². The van der Waals surface area contributed by atoms with Crippen molar-refractivity contribution >= 4 is 44.9 Å². The molecule has 3 aromatic heterocycles. The highest BCUT2D eigenvalue weighted by atomic mass is 32.2. The Bertz CT molecular complexity index is 1390. The van der Waals surface area contributed by atoms with Crippen LogP contribution in [-0.2, 0) is 24.2 Å². The number of furan rings is 1. The number of aromatic nitrogens is 2. The number of thiophene rings is 1. The number of amides is 1. The first-order chi connectivity index (χ1) is 16.5. The fourth-order valence-electron chi connectivity index (χ4n) is 4.16. The van der Waals surface area contributed by atoms with Gasteiger partial charge in [0, 0.05) is 16.6 Å². The molecule has 34 heavy (non-hydrogen) atoms. The second-order valence-corrected chi connectivity index (χ2v) is 10.6. The van der Waals surface area contributed by atoms with E-state index in [1.165, 1.54) is 16.6 Å². The minimum atomic E-state index is -0.479. The maximum Gasteiger partial charge on any atom is 0.263 e. The van der Waals surface area contributed by atoms with Gasteiger partial charge in [0.15, 0.2) is 5.16 Å². The number of rotatable bonds is 7. The Morgan fingerprint density at radius 3 is 2.94 bits per heavy atom. The van der Waals surface area contributed by atoms with Crippen molar-refractivity contribution in [3.63, 3.8) is 0 Å². The standard InChI is InChI=1S/C25H25N3O4S2/c1-15(22(29)26-16-7-5-8-17(13-16)31-2)33-25-27-23-21(19-10-3-4-11-20(19)34-23)24(30)28(25)14-18-9-6-12-32-18/h5-9,12-13,15H,3-4,10-11,14H2,1-2H3,(H,26,29). The number of methoxy groups -OCH3 is 1. The molecule has 0 aliphatic heterocycles. The van der Waals surface area contributed by atoms with Crippen molar-refractivity contribution in [1.29, 1.82) is 0 Å². The fourth-order valence-corrected chi connectivity index (χ4v) is 6.37. The number of hydrogen-bond donors (Lipinski definition) is 1. The van der Waals surface area contributed by atoms with E-state index in [0.717, 1.165) is 41.5 Å². The van der Waals surface area contributed by atoms with Crippen molar-refractivity contribution < 1.29 is 13.9 Å². The summed E-state index contributed by atoms with van der Waals surface area (Å²) >= 11 is 2.89. The molecule has 3 heterocycles. The van der Waals surface area contributed by atoms with Gasteiger partial charge in [0.2, 0.25) is 5.91 Å². The lowest BCUT2D eigenvalue weighted by Gasteiger charge is -2.16. The third-order valence-electron chi connectivity index (χ3n) is 5.92. The first-order valence-electron chi connectivity index (χ1n) is 11.2. The zero-order chi connectivity index (χ0) is 23.7. The van der Waals surface area contributed by atoms with Crippen LogP contribution in [0.1, 0.15) is 36.0 Å². The van der Waals surface area contributed by atoms with Gasteiger partial charge >= 0.3 is 0 Å². The molecule has 1 unspecified atom stereocenters. The monoisotopic (exact) mass is 495 g/mol. The molecule has 9 heteroatoms. The largest absolute Gasteiger partial charge is 0.497 e. The lowest BCUT2D eigenvalue weighted by atomic mass is 9.97. The summed E-state index contributed by atoms with van der Waals surface area (Å²) in [6, 6.07) is 10.9. The molecule has 1 aliphatic rings. The number of thioether (sulfide) groups is 1. The molecule has 0 saturated carbocycles. The third kappa shape index (κ3) is 4.50. The summed E-state index contributed by atoms with van der Waals surface area (Å²) in [5, 5.41) is 3.68. The van der Waals surface area contributed by atoms with Gasteiger partial charge in [0.05, 0.1) is 30.6 Å². The Morgan fingerprint density at radius 2 is 2.15 bits per heavy atom. The Labute approximate surface area is 205 Å². The topological polar surface area (TPSA) is 86.4 Å². The predicted molar refractivity (Wildman–Crippen MR) is 135 cm³/mol. The van der Waals surface area contributed by atoms with Gasteiger partial charge in [0.1, 0.15) is 16.3 Å². The van der Waals surface area contributed by atoms with Crippen molar-refractivity contribution in [2.45, 2.75) is 49.6 Å². The smallest absolute Gasteiger partial charge is 0.263 e. The van der Waals surface area contributed by atoms with Crippen LogP contribution in [0, 0.1) is 0 Å². The molecule has 1 amide bonds. The number of benzene rings is 1. The zero-order valence-electron chi connectivity index (χ0n) is 19.0. The average molecular weight is 496 g/mol. The Balaban J connectivity index is 1.48. The van der Waals surface area contributed by atoms with Gasteiger partial charge in [-0.25, -0.2) is 4.98 Å². The summed E-state index contributed by atoms with van der Waals surface area (Å²) in [7, 11) is 1.59. The van der Waals surface area contributed by atoms with E-state index in [2.05, 4.69) is 5.32 Å². The maximum atomic E-state index is 13.7. The van der Waals surface area contributed by atoms with Crippen molar-refractivity contribution in [3.05, 3.63) is 69.2 Å². The Kier molecular flexibility index (Phi) is 6.47. The molecule has 1 atom stereocenters. The summed E-state index contributed by atoms with van der Waals surface area (Å²) < 4.78 is 12.4. The summed E-state index contributed by atoms with van der Waals surface area (Å²) in [4.78, 5) is 33.5. The number of fused-ring (bicyclic) bond motifs is 3. The predicted octanol–water partition coefficient (Wildman–Crippen LogP) is 5.11. The fraction of sp³-hybridized carbons (Fsp3) is 0.320. The molecule has 4 aromatic rings. The molecular formula is C25H25N3O4S2.